The van der Waals surface area contributed by atoms with E-state index in [2.05, 4.69) is 17.1 Å². The van der Waals surface area contributed by atoms with Crippen molar-refractivity contribution in [2.24, 2.45) is 11.7 Å². The molecule has 0 bridgehead atoms. The number of nitrogens with one attached hydrogen (secondary N) is 1. The van der Waals surface area contributed by atoms with Crippen LogP contribution >= 0.6 is 0 Å². The number of primary amides is 1. The predicted molar refractivity (Wildman–Crippen MR) is 138 cm³/mol. The molecule has 3 amide bonds. The monoisotopic (exact) mass is 507 g/mol. The van der Waals surface area contributed by atoms with Gasteiger partial charge >= 0.3 is 0 Å². The molecule has 1 saturated carbocycles. The summed E-state index contributed by atoms with van der Waals surface area (Å²) in [4.78, 5) is 37.9. The van der Waals surface area contributed by atoms with Crippen LogP contribution in [-0.2, 0) is 9.59 Å². The van der Waals surface area contributed by atoms with Gasteiger partial charge in [0.1, 0.15) is 11.9 Å². The van der Waals surface area contributed by atoms with Crippen molar-refractivity contribution in [3.8, 4) is 6.07 Å². The zero-order valence-corrected chi connectivity index (χ0v) is 21.1. The van der Waals surface area contributed by atoms with Crippen molar-refractivity contribution < 1.29 is 18.8 Å². The summed E-state index contributed by atoms with van der Waals surface area (Å²) in [5, 5.41) is 11.1. The van der Waals surface area contributed by atoms with Crippen LogP contribution < -0.4 is 11.1 Å². The fourth-order valence-corrected chi connectivity index (χ4v) is 5.08. The molecule has 196 valence electrons. The smallest absolute Gasteiger partial charge is 0.256 e. The Kier molecular flexibility index (Phi) is 10.2. The number of benzene rings is 2. The van der Waals surface area contributed by atoms with Gasteiger partial charge in [-0.05, 0) is 42.5 Å². The van der Waals surface area contributed by atoms with Crippen LogP contribution in [0.2, 0.25) is 0 Å². The van der Waals surface area contributed by atoms with Gasteiger partial charge in [0.25, 0.3) is 5.91 Å². The topological polar surface area (TPSA) is 120 Å². The van der Waals surface area contributed by atoms with Crippen LogP contribution in [0, 0.1) is 23.1 Å². The first-order valence-corrected chi connectivity index (χ1v) is 12.6. The number of carbonyl (C=O) groups excluding carboxylic acids is 3. The van der Waals surface area contributed by atoms with Crippen molar-refractivity contribution in [2.75, 3.05) is 26.2 Å². The molecule has 3 unspecified atom stereocenters. The van der Waals surface area contributed by atoms with Gasteiger partial charge < -0.3 is 16.0 Å². The van der Waals surface area contributed by atoms with Crippen LogP contribution in [0.1, 0.15) is 60.1 Å². The Balaban J connectivity index is 0.000000248. The van der Waals surface area contributed by atoms with Gasteiger partial charge in [-0.2, -0.15) is 5.26 Å². The molecule has 8 nitrogen and oxygen atoms in total. The van der Waals surface area contributed by atoms with Crippen molar-refractivity contribution in [3.63, 3.8) is 0 Å². The number of piperazine rings is 1. The maximum Gasteiger partial charge on any atom is 0.256 e. The first-order valence-electron chi connectivity index (χ1n) is 12.6. The minimum Gasteiger partial charge on any atom is -0.368 e. The Morgan fingerprint density at radius 2 is 1.78 bits per heavy atom. The lowest BCUT2D eigenvalue weighted by Crippen LogP contribution is -2.54. The highest BCUT2D eigenvalue weighted by Gasteiger charge is 2.31. The summed E-state index contributed by atoms with van der Waals surface area (Å²) in [6.45, 7) is 5.33. The number of nitriles is 1. The normalized spacial score (nSPS) is 20.5. The third-order valence-corrected chi connectivity index (χ3v) is 7.12. The minimum atomic E-state index is -0.737. The second-order valence-electron chi connectivity index (χ2n) is 9.49. The fourth-order valence-electron chi connectivity index (χ4n) is 5.08. The molecule has 2 aromatic rings. The van der Waals surface area contributed by atoms with Crippen molar-refractivity contribution in [3.05, 3.63) is 71.0 Å². The molecule has 9 heteroatoms. The highest BCUT2D eigenvalue weighted by atomic mass is 19.1. The molecule has 2 aromatic carbocycles. The van der Waals surface area contributed by atoms with Gasteiger partial charge in [0.15, 0.2) is 0 Å². The molecular weight excluding hydrogens is 473 g/mol. The Morgan fingerprint density at radius 1 is 1.11 bits per heavy atom. The molecule has 37 heavy (non-hydrogen) atoms. The van der Waals surface area contributed by atoms with Crippen molar-refractivity contribution in [2.45, 2.75) is 44.7 Å². The summed E-state index contributed by atoms with van der Waals surface area (Å²) in [5.41, 5.74) is 6.08. The predicted octanol–water partition coefficient (Wildman–Crippen LogP) is 2.99. The lowest BCUT2D eigenvalue weighted by atomic mass is 9.84. The van der Waals surface area contributed by atoms with Crippen LogP contribution in [0.4, 0.5) is 4.39 Å². The molecule has 3 N–H and O–H groups in total. The molecule has 4 rings (SSSR count). The van der Waals surface area contributed by atoms with Gasteiger partial charge in [0.05, 0.1) is 17.2 Å². The summed E-state index contributed by atoms with van der Waals surface area (Å²) in [5.74, 6) is -0.731. The second kappa shape index (κ2) is 13.5. The SMILES string of the molecule is CC1CCCCC1N1CCN(C(=O)c2ccc(C#N)cc2F)CC1.NC(=O)C(NC=O)c1ccccc1. The third-order valence-electron chi connectivity index (χ3n) is 7.12. The van der Waals surface area contributed by atoms with Gasteiger partial charge in [-0.25, -0.2) is 4.39 Å². The summed E-state index contributed by atoms with van der Waals surface area (Å²) >= 11 is 0. The molecular formula is C28H34FN5O3. The van der Waals surface area contributed by atoms with E-state index in [1.54, 1.807) is 29.2 Å². The maximum absolute atomic E-state index is 14.1. The average molecular weight is 508 g/mol. The van der Waals surface area contributed by atoms with E-state index in [0.29, 0.717) is 31.1 Å². The van der Waals surface area contributed by atoms with Crippen LogP contribution in [0.5, 0.6) is 0 Å². The third kappa shape index (κ3) is 7.37. The van der Waals surface area contributed by atoms with E-state index in [0.717, 1.165) is 25.1 Å². The highest BCUT2D eigenvalue weighted by molar-refractivity contribution is 5.94. The van der Waals surface area contributed by atoms with Gasteiger partial charge in [-0.1, -0.05) is 50.1 Å². The van der Waals surface area contributed by atoms with E-state index in [9.17, 15) is 18.8 Å². The molecule has 3 atom stereocenters. The van der Waals surface area contributed by atoms with Gasteiger partial charge in [0, 0.05) is 32.2 Å². The molecule has 1 heterocycles. The first kappa shape index (κ1) is 27.8. The maximum atomic E-state index is 14.1. The molecule has 1 aliphatic heterocycles. The van der Waals surface area contributed by atoms with Gasteiger partial charge in [-0.15, -0.1) is 0 Å². The van der Waals surface area contributed by atoms with E-state index in [1.807, 2.05) is 12.1 Å². The van der Waals surface area contributed by atoms with E-state index in [-0.39, 0.29) is 17.0 Å². The molecule has 1 saturated heterocycles. The van der Waals surface area contributed by atoms with Crippen molar-refractivity contribution >= 4 is 18.2 Å². The molecule has 2 aliphatic rings. The van der Waals surface area contributed by atoms with Crippen LogP contribution in [0.15, 0.2) is 48.5 Å². The molecule has 1 aliphatic carbocycles. The Bertz CT molecular complexity index is 1110. The molecule has 0 radical (unpaired) electrons. The van der Waals surface area contributed by atoms with Gasteiger partial charge in [0.2, 0.25) is 12.3 Å². The summed E-state index contributed by atoms with van der Waals surface area (Å²) in [7, 11) is 0. The number of halogens is 1. The number of hydrogen-bond acceptors (Lipinski definition) is 5. The van der Waals surface area contributed by atoms with E-state index < -0.39 is 17.8 Å². The zero-order chi connectivity index (χ0) is 26.8. The Hall–Kier alpha value is -3.77. The minimum absolute atomic E-state index is 0.0634. The van der Waals surface area contributed by atoms with Crippen molar-refractivity contribution in [1.29, 1.82) is 5.26 Å². The van der Waals surface area contributed by atoms with E-state index in [4.69, 9.17) is 11.0 Å². The van der Waals surface area contributed by atoms with Crippen LogP contribution in [0.3, 0.4) is 0 Å². The lowest BCUT2D eigenvalue weighted by Gasteiger charge is -2.43. The second-order valence-corrected chi connectivity index (χ2v) is 9.49. The van der Waals surface area contributed by atoms with Crippen LogP contribution in [-0.4, -0.2) is 60.2 Å². The number of carbonyl (C=O) groups is 3. The Morgan fingerprint density at radius 3 is 2.35 bits per heavy atom. The number of nitrogens with zero attached hydrogens (tertiary/aromatic N) is 3. The average Bonchev–Trinajstić information content (AvgIpc) is 2.92. The Labute approximate surface area is 217 Å². The van der Waals surface area contributed by atoms with E-state index in [1.165, 1.54) is 37.8 Å². The lowest BCUT2D eigenvalue weighted by molar-refractivity contribution is -0.122. The summed E-state index contributed by atoms with van der Waals surface area (Å²) in [6.07, 6.45) is 5.63. The highest BCUT2D eigenvalue weighted by Crippen LogP contribution is 2.29. The number of amides is 3. The summed E-state index contributed by atoms with van der Waals surface area (Å²) < 4.78 is 14.1. The zero-order valence-electron chi connectivity index (χ0n) is 21.1. The van der Waals surface area contributed by atoms with Gasteiger partial charge in [-0.3, -0.25) is 19.3 Å². The summed E-state index contributed by atoms with van der Waals surface area (Å²) in [6, 6.07) is 14.7. The van der Waals surface area contributed by atoms with Crippen molar-refractivity contribution in [1.82, 2.24) is 15.1 Å². The van der Waals surface area contributed by atoms with Crippen LogP contribution in [0.25, 0.3) is 0 Å². The molecule has 0 aromatic heterocycles. The molecule has 0 spiro atoms. The standard InChI is InChI=1S/C19H24FN3O.C9H10N2O2/c1-14-4-2-3-5-18(14)22-8-10-23(11-9-22)19(24)16-7-6-15(13-21)12-17(16)20;10-9(13)8(11-6-12)7-4-2-1-3-5-7/h6-7,12,14,18H,2-5,8-11H2,1H3;1-6,8H,(H2,10,13)(H,11,12). The quantitative estimate of drug-likeness (QED) is 0.583. The number of nitrogens with two attached hydrogens (primary N) is 1. The number of hydrogen-bond donors (Lipinski definition) is 2. The fraction of sp³-hybridized carbons (Fsp3) is 0.429. The van der Waals surface area contributed by atoms with E-state index >= 15 is 0 Å². The first-order chi connectivity index (χ1) is 17.8. The largest absolute Gasteiger partial charge is 0.368 e. The number of rotatable bonds is 6. The molecule has 2 fully saturated rings.